The number of nitrogens with one attached hydrogen (secondary N) is 1. The van der Waals surface area contributed by atoms with Crippen molar-refractivity contribution in [3.8, 4) is 0 Å². The van der Waals surface area contributed by atoms with Gasteiger partial charge in [0.15, 0.2) is 0 Å². The Morgan fingerprint density at radius 3 is 2.78 bits per heavy atom. The summed E-state index contributed by atoms with van der Waals surface area (Å²) >= 11 is 1.59. The van der Waals surface area contributed by atoms with E-state index in [0.717, 1.165) is 23.4 Å². The highest BCUT2D eigenvalue weighted by Crippen LogP contribution is 2.34. The quantitative estimate of drug-likeness (QED) is 0.866. The summed E-state index contributed by atoms with van der Waals surface area (Å²) in [5.74, 6) is 0.115. The molecule has 27 heavy (non-hydrogen) atoms. The van der Waals surface area contributed by atoms with Gasteiger partial charge in [-0.05, 0) is 43.5 Å². The number of para-hydroxylation sites is 1. The molecule has 1 atom stereocenters. The number of carbonyl (C=O) groups is 2. The van der Waals surface area contributed by atoms with Gasteiger partial charge in [0.05, 0.1) is 17.8 Å². The fourth-order valence-electron chi connectivity index (χ4n) is 3.98. The van der Waals surface area contributed by atoms with Crippen molar-refractivity contribution in [1.29, 1.82) is 0 Å². The lowest BCUT2D eigenvalue weighted by molar-refractivity contribution is -0.123. The summed E-state index contributed by atoms with van der Waals surface area (Å²) in [5, 5.41) is 7.02. The van der Waals surface area contributed by atoms with Gasteiger partial charge in [0, 0.05) is 30.7 Å². The van der Waals surface area contributed by atoms with E-state index in [1.165, 1.54) is 0 Å². The Morgan fingerprint density at radius 2 is 2.04 bits per heavy atom. The SMILES string of the molecule is Cc1ccccc1NC(=O)N1CCC2(C1)CN(c1ccsc1)C(=O)CN2C. The predicted octanol–water partition coefficient (Wildman–Crippen LogP) is 3.01. The highest BCUT2D eigenvalue weighted by molar-refractivity contribution is 7.08. The van der Waals surface area contributed by atoms with Crippen molar-refractivity contribution in [2.24, 2.45) is 0 Å². The number of hydrogen-bond donors (Lipinski definition) is 1. The number of anilines is 2. The minimum Gasteiger partial charge on any atom is -0.323 e. The van der Waals surface area contributed by atoms with Gasteiger partial charge in [-0.15, -0.1) is 0 Å². The summed E-state index contributed by atoms with van der Waals surface area (Å²) in [7, 11) is 1.99. The lowest BCUT2D eigenvalue weighted by atomic mass is 9.93. The predicted molar refractivity (Wildman–Crippen MR) is 108 cm³/mol. The van der Waals surface area contributed by atoms with Crippen LogP contribution in [0.25, 0.3) is 0 Å². The van der Waals surface area contributed by atoms with Crippen LogP contribution in [0, 0.1) is 6.92 Å². The molecule has 1 unspecified atom stereocenters. The second kappa shape index (κ2) is 6.98. The Bertz CT molecular complexity index is 853. The van der Waals surface area contributed by atoms with Gasteiger partial charge in [0.2, 0.25) is 5.91 Å². The summed E-state index contributed by atoms with van der Waals surface area (Å²) in [6.07, 6.45) is 0.860. The Hall–Kier alpha value is -2.38. The highest BCUT2D eigenvalue weighted by Gasteiger charge is 2.48. The third-order valence-electron chi connectivity index (χ3n) is 5.76. The fourth-order valence-corrected chi connectivity index (χ4v) is 4.62. The van der Waals surface area contributed by atoms with E-state index in [1.54, 1.807) is 11.3 Å². The monoisotopic (exact) mass is 384 g/mol. The maximum absolute atomic E-state index is 12.8. The van der Waals surface area contributed by atoms with Crippen LogP contribution in [-0.4, -0.2) is 60.5 Å². The number of piperazine rings is 1. The Labute approximate surface area is 163 Å². The first kappa shape index (κ1) is 18.0. The van der Waals surface area contributed by atoms with Crippen LogP contribution < -0.4 is 10.2 Å². The topological polar surface area (TPSA) is 55.9 Å². The molecule has 2 fully saturated rings. The molecule has 2 aliphatic rings. The number of rotatable bonds is 2. The van der Waals surface area contributed by atoms with Gasteiger partial charge in [-0.3, -0.25) is 9.69 Å². The van der Waals surface area contributed by atoms with Gasteiger partial charge < -0.3 is 15.1 Å². The number of likely N-dealkylation sites (tertiary alicyclic amines) is 1. The number of aryl methyl sites for hydroxylation is 1. The van der Waals surface area contributed by atoms with Crippen LogP contribution in [-0.2, 0) is 4.79 Å². The number of amides is 3. The van der Waals surface area contributed by atoms with E-state index >= 15 is 0 Å². The summed E-state index contributed by atoms with van der Waals surface area (Å²) in [6, 6.07) is 9.70. The molecule has 0 bridgehead atoms. The summed E-state index contributed by atoms with van der Waals surface area (Å²) in [6.45, 7) is 4.29. The van der Waals surface area contributed by atoms with Crippen molar-refractivity contribution in [2.75, 3.05) is 43.4 Å². The van der Waals surface area contributed by atoms with Crippen molar-refractivity contribution in [2.45, 2.75) is 18.9 Å². The number of thiophene rings is 1. The van der Waals surface area contributed by atoms with E-state index in [4.69, 9.17) is 0 Å². The third kappa shape index (κ3) is 3.33. The molecule has 3 amide bonds. The van der Waals surface area contributed by atoms with Crippen LogP contribution in [0.5, 0.6) is 0 Å². The number of hydrogen-bond acceptors (Lipinski definition) is 4. The van der Waals surface area contributed by atoms with E-state index in [-0.39, 0.29) is 17.5 Å². The van der Waals surface area contributed by atoms with Crippen LogP contribution >= 0.6 is 11.3 Å². The molecule has 0 saturated carbocycles. The standard InChI is InChI=1S/C20H24N4O2S/c1-15-5-3-4-6-17(15)21-19(26)23-9-8-20(13-23)14-24(16-7-10-27-12-16)18(25)11-22(20)2/h3-7,10,12H,8-9,11,13-14H2,1-2H3,(H,21,26). The molecular weight excluding hydrogens is 360 g/mol. The van der Waals surface area contributed by atoms with Gasteiger partial charge in [-0.2, -0.15) is 11.3 Å². The lowest BCUT2D eigenvalue weighted by Crippen LogP contribution is -2.64. The molecule has 3 heterocycles. The third-order valence-corrected chi connectivity index (χ3v) is 6.43. The number of urea groups is 1. The second-order valence-corrected chi connectivity index (χ2v) is 8.24. The molecule has 142 valence electrons. The van der Waals surface area contributed by atoms with Crippen LogP contribution in [0.15, 0.2) is 41.1 Å². The summed E-state index contributed by atoms with van der Waals surface area (Å²) in [4.78, 5) is 31.2. The fraction of sp³-hybridized carbons (Fsp3) is 0.400. The van der Waals surface area contributed by atoms with Gasteiger partial charge in [-0.1, -0.05) is 18.2 Å². The molecule has 6 nitrogen and oxygen atoms in total. The van der Waals surface area contributed by atoms with Crippen molar-refractivity contribution < 1.29 is 9.59 Å². The number of nitrogens with zero attached hydrogens (tertiary/aromatic N) is 3. The zero-order valence-corrected chi connectivity index (χ0v) is 16.5. The molecule has 7 heteroatoms. The highest BCUT2D eigenvalue weighted by atomic mass is 32.1. The van der Waals surface area contributed by atoms with E-state index in [0.29, 0.717) is 26.2 Å². The largest absolute Gasteiger partial charge is 0.323 e. The molecule has 2 aliphatic heterocycles. The van der Waals surface area contributed by atoms with Crippen molar-refractivity contribution in [3.05, 3.63) is 46.7 Å². The Balaban J connectivity index is 1.49. The first-order valence-electron chi connectivity index (χ1n) is 9.14. The average molecular weight is 385 g/mol. The molecule has 1 N–H and O–H groups in total. The van der Waals surface area contributed by atoms with Crippen molar-refractivity contribution in [1.82, 2.24) is 9.80 Å². The molecule has 1 aromatic carbocycles. The molecule has 4 rings (SSSR count). The van der Waals surface area contributed by atoms with Crippen molar-refractivity contribution in [3.63, 3.8) is 0 Å². The minimum atomic E-state index is -0.196. The normalized spacial score (nSPS) is 23.3. The van der Waals surface area contributed by atoms with Gasteiger partial charge in [0.25, 0.3) is 0 Å². The summed E-state index contributed by atoms with van der Waals surface area (Å²) < 4.78 is 0. The lowest BCUT2D eigenvalue weighted by Gasteiger charge is -2.46. The number of carbonyl (C=O) groups excluding carboxylic acids is 2. The molecular formula is C20H24N4O2S. The smallest absolute Gasteiger partial charge is 0.321 e. The van der Waals surface area contributed by atoms with E-state index in [2.05, 4.69) is 10.2 Å². The Morgan fingerprint density at radius 1 is 1.22 bits per heavy atom. The molecule has 2 aromatic rings. The average Bonchev–Trinajstić information content (AvgIpc) is 3.31. The van der Waals surface area contributed by atoms with Crippen LogP contribution in [0.2, 0.25) is 0 Å². The van der Waals surface area contributed by atoms with Crippen molar-refractivity contribution >= 4 is 34.6 Å². The maximum atomic E-state index is 12.8. The minimum absolute atomic E-state index is 0.0754. The first-order chi connectivity index (χ1) is 13.0. The molecule has 2 saturated heterocycles. The molecule has 0 aliphatic carbocycles. The number of likely N-dealkylation sites (N-methyl/N-ethyl adjacent to an activating group) is 1. The summed E-state index contributed by atoms with van der Waals surface area (Å²) in [5.41, 5.74) is 2.65. The van der Waals surface area contributed by atoms with Crippen LogP contribution in [0.1, 0.15) is 12.0 Å². The van der Waals surface area contributed by atoms with Gasteiger partial charge in [-0.25, -0.2) is 4.79 Å². The van der Waals surface area contributed by atoms with E-state index in [1.807, 2.05) is 64.9 Å². The van der Waals surface area contributed by atoms with Crippen LogP contribution in [0.4, 0.5) is 16.2 Å². The first-order valence-corrected chi connectivity index (χ1v) is 10.1. The molecule has 1 aromatic heterocycles. The molecule has 0 radical (unpaired) electrons. The second-order valence-electron chi connectivity index (χ2n) is 7.46. The van der Waals surface area contributed by atoms with E-state index < -0.39 is 0 Å². The van der Waals surface area contributed by atoms with Gasteiger partial charge >= 0.3 is 6.03 Å². The van der Waals surface area contributed by atoms with Crippen LogP contribution in [0.3, 0.4) is 0 Å². The zero-order chi connectivity index (χ0) is 19.0. The van der Waals surface area contributed by atoms with Gasteiger partial charge in [0.1, 0.15) is 0 Å². The Kier molecular flexibility index (Phi) is 4.65. The van der Waals surface area contributed by atoms with E-state index in [9.17, 15) is 9.59 Å². The zero-order valence-electron chi connectivity index (χ0n) is 15.6. The molecule has 1 spiro atoms. The maximum Gasteiger partial charge on any atom is 0.321 e. The number of benzene rings is 1.